The van der Waals surface area contributed by atoms with Crippen LogP contribution in [0.3, 0.4) is 0 Å². The lowest BCUT2D eigenvalue weighted by Gasteiger charge is -2.48. The van der Waals surface area contributed by atoms with Crippen LogP contribution in [0.2, 0.25) is 0 Å². The Hall–Kier alpha value is -1.88. The molecule has 2 saturated heterocycles. The van der Waals surface area contributed by atoms with E-state index in [9.17, 15) is 4.79 Å². The minimum absolute atomic E-state index is 0.0857. The van der Waals surface area contributed by atoms with Crippen LogP contribution in [0.15, 0.2) is 22.8 Å². The quantitative estimate of drug-likeness (QED) is 0.892. The first-order valence-corrected chi connectivity index (χ1v) is 8.02. The number of aryl methyl sites for hydroxylation is 1. The van der Waals surface area contributed by atoms with E-state index in [0.717, 1.165) is 29.6 Å². The normalized spacial score (nSPS) is 30.6. The number of fused-ring (bicyclic) bond motifs is 4. The average Bonchev–Trinajstić information content (AvgIpc) is 3.00. The molecular weight excluding hydrogens is 278 g/mol. The van der Waals surface area contributed by atoms with Crippen LogP contribution in [0.4, 0.5) is 0 Å². The molecular formula is C17H21N3O2. The summed E-state index contributed by atoms with van der Waals surface area (Å²) in [4.78, 5) is 17.0. The predicted molar refractivity (Wildman–Crippen MR) is 83.7 cm³/mol. The van der Waals surface area contributed by atoms with Gasteiger partial charge in [-0.1, -0.05) is 6.92 Å². The van der Waals surface area contributed by atoms with Crippen molar-refractivity contribution in [1.29, 1.82) is 0 Å². The number of pyridine rings is 1. The lowest BCUT2D eigenvalue weighted by Crippen LogP contribution is -2.63. The van der Waals surface area contributed by atoms with Gasteiger partial charge in [-0.25, -0.2) is 4.98 Å². The Morgan fingerprint density at radius 3 is 3.05 bits per heavy atom. The lowest BCUT2D eigenvalue weighted by atomic mass is 9.70. The largest absolute Gasteiger partial charge is 0.462 e. The van der Waals surface area contributed by atoms with Crippen molar-refractivity contribution in [3.8, 4) is 0 Å². The van der Waals surface area contributed by atoms with Crippen LogP contribution in [0, 0.1) is 18.8 Å². The maximum atomic E-state index is 12.6. The molecule has 3 fully saturated rings. The van der Waals surface area contributed by atoms with Gasteiger partial charge >= 0.3 is 0 Å². The summed E-state index contributed by atoms with van der Waals surface area (Å²) in [5.74, 6) is 1.10. The third-order valence-electron chi connectivity index (χ3n) is 5.37. The van der Waals surface area contributed by atoms with Gasteiger partial charge < -0.3 is 15.1 Å². The van der Waals surface area contributed by atoms with Crippen molar-refractivity contribution >= 4 is 16.9 Å². The molecule has 2 aliphatic heterocycles. The smallest absolute Gasteiger partial charge is 0.270 e. The molecule has 2 aromatic rings. The van der Waals surface area contributed by atoms with Gasteiger partial charge in [-0.15, -0.1) is 0 Å². The first-order chi connectivity index (χ1) is 10.6. The van der Waals surface area contributed by atoms with Crippen LogP contribution in [0.5, 0.6) is 0 Å². The maximum Gasteiger partial charge on any atom is 0.270 e. The highest BCUT2D eigenvalue weighted by molar-refractivity contribution is 5.96. The summed E-state index contributed by atoms with van der Waals surface area (Å²) < 4.78 is 5.39. The first-order valence-electron chi connectivity index (χ1n) is 8.02. The fraction of sp³-hybridized carbons (Fsp3) is 0.529. The summed E-state index contributed by atoms with van der Waals surface area (Å²) in [5, 5.41) is 7.67. The van der Waals surface area contributed by atoms with E-state index in [1.54, 1.807) is 12.3 Å². The van der Waals surface area contributed by atoms with Crippen molar-refractivity contribution < 1.29 is 9.21 Å². The summed E-state index contributed by atoms with van der Waals surface area (Å²) in [6.45, 7) is 5.20. The Balaban J connectivity index is 1.58. The Morgan fingerprint density at radius 2 is 2.32 bits per heavy atom. The fourth-order valence-electron chi connectivity index (χ4n) is 4.03. The number of piperidine rings is 2. The summed E-state index contributed by atoms with van der Waals surface area (Å²) in [6.07, 6.45) is 4.05. The average molecular weight is 299 g/mol. The molecule has 3 aliphatic rings. The van der Waals surface area contributed by atoms with Gasteiger partial charge in [0.15, 0.2) is 5.58 Å². The number of carbonyl (C=O) groups excluding carboxylic acids is 1. The predicted octanol–water partition coefficient (Wildman–Crippen LogP) is 2.25. The zero-order valence-electron chi connectivity index (χ0n) is 12.9. The highest BCUT2D eigenvalue weighted by Gasteiger charge is 2.41. The van der Waals surface area contributed by atoms with E-state index in [1.165, 1.54) is 6.42 Å². The van der Waals surface area contributed by atoms with E-state index in [1.807, 2.05) is 13.0 Å². The fourth-order valence-corrected chi connectivity index (χ4v) is 4.03. The van der Waals surface area contributed by atoms with Crippen LogP contribution < -0.4 is 10.6 Å². The van der Waals surface area contributed by atoms with Crippen molar-refractivity contribution in [2.75, 3.05) is 6.54 Å². The van der Waals surface area contributed by atoms with Crippen LogP contribution in [-0.2, 0) is 0 Å². The number of amides is 1. The molecule has 0 aromatic carbocycles. The van der Waals surface area contributed by atoms with Crippen molar-refractivity contribution in [2.45, 2.75) is 38.8 Å². The minimum Gasteiger partial charge on any atom is -0.462 e. The number of furan rings is 1. The molecule has 4 atom stereocenters. The molecule has 2 aromatic heterocycles. The molecule has 1 amide bonds. The SMILES string of the molecule is Cc1nc(C(=O)N[C@H]2C3CCC(CN3)[C@H]2C)cc2ccoc12. The molecule has 0 spiro atoms. The zero-order valence-corrected chi connectivity index (χ0v) is 12.9. The lowest BCUT2D eigenvalue weighted by molar-refractivity contribution is 0.0712. The molecule has 0 radical (unpaired) electrons. The Kier molecular flexibility index (Phi) is 3.18. The van der Waals surface area contributed by atoms with Crippen LogP contribution in [0.1, 0.15) is 35.9 Å². The minimum atomic E-state index is -0.0857. The maximum absolute atomic E-state index is 12.6. The molecule has 2 bridgehead atoms. The van der Waals surface area contributed by atoms with Crippen molar-refractivity contribution in [2.24, 2.45) is 11.8 Å². The van der Waals surface area contributed by atoms with Crippen molar-refractivity contribution in [3.05, 3.63) is 29.8 Å². The highest BCUT2D eigenvalue weighted by atomic mass is 16.3. The molecule has 1 saturated carbocycles. The number of nitrogens with zero attached hydrogens (tertiary/aromatic N) is 1. The van der Waals surface area contributed by atoms with E-state index in [0.29, 0.717) is 23.6 Å². The molecule has 4 heterocycles. The van der Waals surface area contributed by atoms with Gasteiger partial charge in [0.05, 0.1) is 12.0 Å². The highest BCUT2D eigenvalue weighted by Crippen LogP contribution is 2.34. The van der Waals surface area contributed by atoms with E-state index in [2.05, 4.69) is 22.5 Å². The number of nitrogens with one attached hydrogen (secondary N) is 2. The zero-order chi connectivity index (χ0) is 15.3. The molecule has 5 rings (SSSR count). The third-order valence-corrected chi connectivity index (χ3v) is 5.37. The molecule has 5 heteroatoms. The Morgan fingerprint density at radius 1 is 1.45 bits per heavy atom. The molecule has 116 valence electrons. The van der Waals surface area contributed by atoms with Crippen molar-refractivity contribution in [3.63, 3.8) is 0 Å². The Bertz CT molecular complexity index is 714. The van der Waals surface area contributed by atoms with Gasteiger partial charge in [-0.3, -0.25) is 4.79 Å². The van der Waals surface area contributed by atoms with E-state index < -0.39 is 0 Å². The van der Waals surface area contributed by atoms with E-state index >= 15 is 0 Å². The molecule has 22 heavy (non-hydrogen) atoms. The second kappa shape index (κ2) is 5.09. The van der Waals surface area contributed by atoms with Gasteiger partial charge in [-0.05, 0) is 50.3 Å². The summed E-state index contributed by atoms with van der Waals surface area (Å²) >= 11 is 0. The van der Waals surface area contributed by atoms with E-state index in [4.69, 9.17) is 4.42 Å². The number of aromatic nitrogens is 1. The molecule has 2 unspecified atom stereocenters. The van der Waals surface area contributed by atoms with Gasteiger partial charge in [0.1, 0.15) is 5.69 Å². The number of hydrogen-bond acceptors (Lipinski definition) is 4. The van der Waals surface area contributed by atoms with Gasteiger partial charge in [-0.2, -0.15) is 0 Å². The second-order valence-corrected chi connectivity index (χ2v) is 6.64. The number of carbonyl (C=O) groups is 1. The second-order valence-electron chi connectivity index (χ2n) is 6.64. The molecule has 5 nitrogen and oxygen atoms in total. The summed E-state index contributed by atoms with van der Waals surface area (Å²) in [6, 6.07) is 4.26. The number of hydrogen-bond donors (Lipinski definition) is 2. The van der Waals surface area contributed by atoms with Gasteiger partial charge in [0, 0.05) is 17.5 Å². The Labute approximate surface area is 129 Å². The molecule has 1 aliphatic carbocycles. The monoisotopic (exact) mass is 299 g/mol. The van der Waals surface area contributed by atoms with Crippen LogP contribution in [0.25, 0.3) is 11.0 Å². The topological polar surface area (TPSA) is 67.2 Å². The van der Waals surface area contributed by atoms with Gasteiger partial charge in [0.25, 0.3) is 5.91 Å². The standard InChI is InChI=1S/C17H21N3O2/c1-9-12-3-4-13(18-8-12)15(9)20-17(21)14-7-11-5-6-22-16(11)10(2)19-14/h5-7,9,12-13,15,18H,3-4,8H2,1-2H3,(H,20,21)/t9-,12?,13?,15-/m1/s1. The number of rotatable bonds is 2. The summed E-state index contributed by atoms with van der Waals surface area (Å²) in [7, 11) is 0. The van der Waals surface area contributed by atoms with Crippen LogP contribution >= 0.6 is 0 Å². The van der Waals surface area contributed by atoms with Crippen LogP contribution in [-0.4, -0.2) is 29.5 Å². The summed E-state index contributed by atoms with van der Waals surface area (Å²) in [5.41, 5.74) is 1.98. The van der Waals surface area contributed by atoms with Crippen molar-refractivity contribution in [1.82, 2.24) is 15.6 Å². The van der Waals surface area contributed by atoms with E-state index in [-0.39, 0.29) is 11.9 Å². The van der Waals surface area contributed by atoms with Gasteiger partial charge in [0.2, 0.25) is 0 Å². The molecule has 2 N–H and O–H groups in total. The third kappa shape index (κ3) is 2.11. The first kappa shape index (κ1) is 13.8.